The number of aromatic nitrogens is 3. The highest BCUT2D eigenvalue weighted by atomic mass is 32.1. The van der Waals surface area contributed by atoms with Gasteiger partial charge in [-0.2, -0.15) is 0 Å². The van der Waals surface area contributed by atoms with Crippen LogP contribution in [0.4, 0.5) is 4.79 Å². The predicted octanol–water partition coefficient (Wildman–Crippen LogP) is 5.82. The number of thiazole rings is 1. The SMILES string of the molecule is CCn1c(-c2cccnc2[C@H](C)OC)c2c3cc(ccc31)-c1csc(n1)C[C@H](NC(=O)[C@H](C(C)C)N(C)C(=O)N1CC([C@@H](C)NC)C1)C(=O)N1CCC[C@H](N1)C(=O)OCC(C)(C)C2. The van der Waals surface area contributed by atoms with Gasteiger partial charge in [0.25, 0.3) is 5.91 Å². The normalized spacial score (nSPS) is 21.1. The summed E-state index contributed by atoms with van der Waals surface area (Å²) < 4.78 is 14.2. The highest BCUT2D eigenvalue weighted by Crippen LogP contribution is 2.42. The summed E-state index contributed by atoms with van der Waals surface area (Å²) >= 11 is 1.43. The molecule has 15 nitrogen and oxygen atoms in total. The van der Waals surface area contributed by atoms with Crippen LogP contribution in [0.2, 0.25) is 0 Å². The number of fused-ring (bicyclic) bond motifs is 6. The lowest BCUT2D eigenvalue weighted by molar-refractivity contribution is -0.155. The first kappa shape index (κ1) is 46.1. The first-order valence-corrected chi connectivity index (χ1v) is 23.2. The maximum atomic E-state index is 14.6. The van der Waals surface area contributed by atoms with Crippen molar-refractivity contribution < 1.29 is 28.7 Å². The number of hydrogen-bond donors (Lipinski definition) is 3. The number of pyridine rings is 1. The number of hydrazine groups is 1. The number of amides is 4. The van der Waals surface area contributed by atoms with Gasteiger partial charge in [0.1, 0.15) is 18.1 Å². The molecule has 6 bridgehead atoms. The quantitative estimate of drug-likeness (QED) is 0.166. The van der Waals surface area contributed by atoms with E-state index < -0.39 is 35.4 Å². The molecule has 3 N–H and O–H groups in total. The van der Waals surface area contributed by atoms with Crippen molar-refractivity contribution in [3.8, 4) is 22.5 Å². The summed E-state index contributed by atoms with van der Waals surface area (Å²) in [5.74, 6) is -1.17. The number of cyclic esters (lactones) is 1. The third kappa shape index (κ3) is 9.50. The van der Waals surface area contributed by atoms with E-state index in [4.69, 9.17) is 19.4 Å². The van der Waals surface area contributed by atoms with Gasteiger partial charge >= 0.3 is 12.0 Å². The molecule has 7 rings (SSSR count). The standard InChI is InChI=1S/C47H65N9O6S/c1-11-55-38-17-16-30-20-33(38)34(42(55)32-14-12-18-49-40(32)29(5)61-10)22-47(6,7)26-62-45(59)35-15-13-19-56(52-35)44(58)36(21-39-50-37(30)25-63-39)51-43(57)41(27(2)3)53(9)46(60)54-23-31(24-54)28(4)48-8/h12,14,16-18,20,25,27-29,31,35-36,41,48,52H,11,13,15,19,21-24,26H2,1-10H3,(H,51,57)/t28-,29+,35+,36+,41+/m1/s1. The van der Waals surface area contributed by atoms with Crippen LogP contribution in [0.25, 0.3) is 33.4 Å². The first-order chi connectivity index (χ1) is 30.0. The second-order valence-corrected chi connectivity index (χ2v) is 19.5. The highest BCUT2D eigenvalue weighted by molar-refractivity contribution is 7.10. The van der Waals surface area contributed by atoms with E-state index in [0.717, 1.165) is 44.7 Å². The third-order valence-corrected chi connectivity index (χ3v) is 14.0. The molecular weight excluding hydrogens is 819 g/mol. The molecule has 63 heavy (non-hydrogen) atoms. The van der Waals surface area contributed by atoms with E-state index in [1.54, 1.807) is 25.3 Å². The molecule has 3 aromatic heterocycles. The number of esters is 1. The van der Waals surface area contributed by atoms with Crippen molar-refractivity contribution >= 4 is 46.1 Å². The van der Waals surface area contributed by atoms with Crippen LogP contribution in [-0.4, -0.2) is 125 Å². The zero-order valence-corrected chi connectivity index (χ0v) is 39.3. The fourth-order valence-electron chi connectivity index (χ4n) is 9.31. The van der Waals surface area contributed by atoms with Crippen LogP contribution in [0.15, 0.2) is 41.9 Å². The molecule has 3 aliphatic heterocycles. The van der Waals surface area contributed by atoms with Crippen LogP contribution < -0.4 is 16.1 Å². The number of carbonyl (C=O) groups is 4. The van der Waals surface area contributed by atoms with Crippen molar-refractivity contribution in [3.05, 3.63) is 58.2 Å². The predicted molar refractivity (Wildman–Crippen MR) is 245 cm³/mol. The number of rotatable bonds is 10. The maximum Gasteiger partial charge on any atom is 0.324 e. The number of carbonyl (C=O) groups excluding carboxylic acids is 4. The number of methoxy groups -OCH3 is 1. The monoisotopic (exact) mass is 883 g/mol. The van der Waals surface area contributed by atoms with Gasteiger partial charge in [-0.3, -0.25) is 24.4 Å². The van der Waals surface area contributed by atoms with Crippen LogP contribution in [0.5, 0.6) is 0 Å². The van der Waals surface area contributed by atoms with E-state index in [2.05, 4.69) is 72.6 Å². The molecule has 2 fully saturated rings. The Morgan fingerprint density at radius 1 is 1.14 bits per heavy atom. The van der Waals surface area contributed by atoms with E-state index in [-0.39, 0.29) is 43.0 Å². The number of likely N-dealkylation sites (tertiary alicyclic amines) is 1. The molecule has 5 atom stereocenters. The minimum atomic E-state index is -1.04. The van der Waals surface area contributed by atoms with Gasteiger partial charge in [0, 0.05) is 97.7 Å². The Hall–Kier alpha value is -4.90. The second-order valence-electron chi connectivity index (χ2n) is 18.6. The summed E-state index contributed by atoms with van der Waals surface area (Å²) in [4.78, 5) is 69.6. The maximum absolute atomic E-state index is 14.6. The number of aryl methyl sites for hydroxylation is 1. The number of urea groups is 1. The van der Waals surface area contributed by atoms with Gasteiger partial charge in [-0.15, -0.1) is 11.3 Å². The molecule has 4 amide bonds. The zero-order chi connectivity index (χ0) is 45.3. The summed E-state index contributed by atoms with van der Waals surface area (Å²) in [5.41, 5.74) is 9.39. The van der Waals surface area contributed by atoms with Crippen molar-refractivity contribution in [2.75, 3.05) is 47.4 Å². The minimum absolute atomic E-state index is 0.111. The van der Waals surface area contributed by atoms with Gasteiger partial charge < -0.3 is 34.5 Å². The van der Waals surface area contributed by atoms with Crippen molar-refractivity contribution in [2.24, 2.45) is 17.3 Å². The largest absolute Gasteiger partial charge is 0.464 e. The summed E-state index contributed by atoms with van der Waals surface area (Å²) in [5, 5.41) is 11.5. The van der Waals surface area contributed by atoms with Crippen LogP contribution in [0, 0.1) is 17.3 Å². The summed E-state index contributed by atoms with van der Waals surface area (Å²) in [7, 11) is 5.25. The topological polar surface area (TPSA) is 163 Å². The van der Waals surface area contributed by atoms with Crippen molar-refractivity contribution in [1.29, 1.82) is 0 Å². The Morgan fingerprint density at radius 2 is 1.90 bits per heavy atom. The van der Waals surface area contributed by atoms with Gasteiger partial charge in [-0.05, 0) is 82.8 Å². The number of hydrogen-bond acceptors (Lipinski definition) is 11. The molecule has 4 aromatic rings. The lowest BCUT2D eigenvalue weighted by Gasteiger charge is -2.45. The smallest absolute Gasteiger partial charge is 0.324 e. The minimum Gasteiger partial charge on any atom is -0.464 e. The van der Waals surface area contributed by atoms with E-state index in [1.165, 1.54) is 21.2 Å². The van der Waals surface area contributed by atoms with E-state index in [0.29, 0.717) is 56.4 Å². The lowest BCUT2D eigenvalue weighted by atomic mass is 9.84. The molecule has 3 aliphatic rings. The zero-order valence-electron chi connectivity index (χ0n) is 38.5. The number of likely N-dealkylation sites (N-methyl/N-ethyl adjacent to an activating group) is 1. The van der Waals surface area contributed by atoms with Gasteiger partial charge in [0.2, 0.25) is 5.91 Å². The molecule has 0 spiro atoms. The second kappa shape index (κ2) is 19.1. The number of benzene rings is 1. The molecule has 0 unspecified atom stereocenters. The summed E-state index contributed by atoms with van der Waals surface area (Å²) in [6.07, 6.45) is 3.30. The Balaban J connectivity index is 1.27. The fourth-order valence-corrected chi connectivity index (χ4v) is 10.2. The summed E-state index contributed by atoms with van der Waals surface area (Å²) in [6.45, 7) is 16.6. The number of nitrogens with one attached hydrogen (secondary N) is 3. The first-order valence-electron chi connectivity index (χ1n) is 22.4. The Morgan fingerprint density at radius 3 is 2.60 bits per heavy atom. The van der Waals surface area contributed by atoms with Crippen molar-refractivity contribution in [3.63, 3.8) is 0 Å². The molecule has 0 aliphatic carbocycles. The average molecular weight is 884 g/mol. The molecule has 2 saturated heterocycles. The van der Waals surface area contributed by atoms with Gasteiger partial charge in [-0.1, -0.05) is 33.8 Å². The Kier molecular flexibility index (Phi) is 13.9. The molecule has 0 saturated carbocycles. The van der Waals surface area contributed by atoms with Gasteiger partial charge in [0.15, 0.2) is 0 Å². The Labute approximate surface area is 375 Å². The molecule has 1 aromatic carbocycles. The molecule has 0 radical (unpaired) electrons. The van der Waals surface area contributed by atoms with E-state index in [1.807, 2.05) is 39.3 Å². The highest BCUT2D eigenvalue weighted by Gasteiger charge is 2.41. The summed E-state index contributed by atoms with van der Waals surface area (Å²) in [6, 6.07) is 7.87. The van der Waals surface area contributed by atoms with Crippen molar-refractivity contribution in [2.45, 2.75) is 111 Å². The van der Waals surface area contributed by atoms with Crippen molar-refractivity contribution in [1.82, 2.24) is 45.4 Å². The van der Waals surface area contributed by atoms with E-state index >= 15 is 0 Å². The molecule has 340 valence electrons. The van der Waals surface area contributed by atoms with Crippen LogP contribution in [0.1, 0.15) is 83.7 Å². The Bertz CT molecular complexity index is 2320. The molecule has 6 heterocycles. The number of ether oxygens (including phenoxy) is 2. The van der Waals surface area contributed by atoms with Gasteiger partial charge in [0.05, 0.1) is 34.8 Å². The van der Waals surface area contributed by atoms with Gasteiger partial charge in [-0.25, -0.2) is 15.2 Å². The van der Waals surface area contributed by atoms with E-state index in [9.17, 15) is 19.2 Å². The van der Waals surface area contributed by atoms with Crippen LogP contribution in [-0.2, 0) is 43.2 Å². The molecule has 16 heteroatoms. The number of nitrogens with zero attached hydrogens (tertiary/aromatic N) is 6. The molecular formula is C47H65N9O6S. The third-order valence-electron chi connectivity index (χ3n) is 13.1. The van der Waals surface area contributed by atoms with Crippen LogP contribution in [0.3, 0.4) is 0 Å². The van der Waals surface area contributed by atoms with Crippen LogP contribution >= 0.6 is 11.3 Å². The lowest BCUT2D eigenvalue weighted by Crippen LogP contribution is -2.64. The average Bonchev–Trinajstić information content (AvgIpc) is 3.85. The fraction of sp³-hybridized carbons (Fsp3) is 0.574.